The standard InChI is InChI=1S/C28H26N6OS/c1-18(2)22-11-23(14-24(12-22)34-10-9-30-17-34)31-27(35)20-7-6-19(3)25(13-20)32-28-33-26(16-36-28)21-5-4-8-29-15-21/h4-18H,1-3H3,(H,31,35)(H,32,33). The van der Waals surface area contributed by atoms with Crippen molar-refractivity contribution in [3.8, 4) is 16.9 Å². The molecule has 0 saturated carbocycles. The Kier molecular flexibility index (Phi) is 6.60. The highest BCUT2D eigenvalue weighted by Crippen LogP contribution is 2.29. The molecule has 0 aliphatic rings. The van der Waals surface area contributed by atoms with Gasteiger partial charge in [-0.2, -0.15) is 0 Å². The summed E-state index contributed by atoms with van der Waals surface area (Å²) in [5.74, 6) is 0.139. The van der Waals surface area contributed by atoms with Crippen LogP contribution < -0.4 is 10.6 Å². The maximum Gasteiger partial charge on any atom is 0.255 e. The van der Waals surface area contributed by atoms with E-state index >= 15 is 0 Å². The molecule has 0 fully saturated rings. The van der Waals surface area contributed by atoms with Crippen molar-refractivity contribution in [3.05, 3.63) is 102 Å². The summed E-state index contributed by atoms with van der Waals surface area (Å²) in [6, 6.07) is 15.6. The summed E-state index contributed by atoms with van der Waals surface area (Å²) in [4.78, 5) is 26.2. The lowest BCUT2D eigenvalue weighted by molar-refractivity contribution is 0.102. The molecule has 0 aliphatic carbocycles. The van der Waals surface area contributed by atoms with Crippen LogP contribution in [0.3, 0.4) is 0 Å². The van der Waals surface area contributed by atoms with Crippen LogP contribution in [0.25, 0.3) is 16.9 Å². The summed E-state index contributed by atoms with van der Waals surface area (Å²) < 4.78 is 1.93. The highest BCUT2D eigenvalue weighted by Gasteiger charge is 2.13. The molecule has 0 aliphatic heterocycles. The van der Waals surface area contributed by atoms with Gasteiger partial charge in [0.2, 0.25) is 0 Å². The van der Waals surface area contributed by atoms with Crippen LogP contribution in [0.1, 0.15) is 41.3 Å². The first-order valence-electron chi connectivity index (χ1n) is 11.6. The molecule has 0 radical (unpaired) electrons. The molecule has 3 aromatic heterocycles. The molecule has 0 saturated heterocycles. The van der Waals surface area contributed by atoms with Gasteiger partial charge in [-0.15, -0.1) is 11.3 Å². The monoisotopic (exact) mass is 494 g/mol. The van der Waals surface area contributed by atoms with Crippen molar-refractivity contribution in [1.29, 1.82) is 0 Å². The van der Waals surface area contributed by atoms with Gasteiger partial charge in [0.25, 0.3) is 5.91 Å². The lowest BCUT2D eigenvalue weighted by Gasteiger charge is -2.14. The minimum Gasteiger partial charge on any atom is -0.331 e. The van der Waals surface area contributed by atoms with Crippen molar-refractivity contribution in [1.82, 2.24) is 19.5 Å². The molecule has 5 aromatic rings. The predicted octanol–water partition coefficient (Wildman–Crippen LogP) is 6.82. The number of thiazole rings is 1. The number of rotatable bonds is 7. The zero-order valence-electron chi connectivity index (χ0n) is 20.3. The number of carbonyl (C=O) groups excluding carboxylic acids is 1. The minimum atomic E-state index is -0.175. The Morgan fingerprint density at radius 2 is 1.94 bits per heavy atom. The van der Waals surface area contributed by atoms with Gasteiger partial charge in [0, 0.05) is 58.4 Å². The van der Waals surface area contributed by atoms with E-state index in [4.69, 9.17) is 0 Å². The zero-order valence-corrected chi connectivity index (χ0v) is 21.1. The maximum atomic E-state index is 13.2. The maximum absolute atomic E-state index is 13.2. The van der Waals surface area contributed by atoms with Gasteiger partial charge in [0.15, 0.2) is 5.13 Å². The van der Waals surface area contributed by atoms with Crippen molar-refractivity contribution < 1.29 is 4.79 Å². The molecule has 180 valence electrons. The van der Waals surface area contributed by atoms with Crippen LogP contribution in [-0.2, 0) is 0 Å². The van der Waals surface area contributed by atoms with Crippen molar-refractivity contribution in [3.63, 3.8) is 0 Å². The minimum absolute atomic E-state index is 0.175. The summed E-state index contributed by atoms with van der Waals surface area (Å²) >= 11 is 1.51. The fraction of sp³-hybridized carbons (Fsp3) is 0.143. The second-order valence-corrected chi connectivity index (χ2v) is 9.68. The molecule has 7 nitrogen and oxygen atoms in total. The molecule has 0 spiro atoms. The van der Waals surface area contributed by atoms with Gasteiger partial charge >= 0.3 is 0 Å². The molecular formula is C28H26N6OS. The number of benzene rings is 2. The SMILES string of the molecule is Cc1ccc(C(=O)Nc2cc(C(C)C)cc(-n3ccnc3)c2)cc1Nc1nc(-c2cccnc2)cs1. The Morgan fingerprint density at radius 3 is 2.69 bits per heavy atom. The first-order valence-corrected chi connectivity index (χ1v) is 12.5. The number of hydrogen-bond donors (Lipinski definition) is 2. The second-order valence-electron chi connectivity index (χ2n) is 8.83. The van der Waals surface area contributed by atoms with Crippen LogP contribution in [0.5, 0.6) is 0 Å². The Hall–Kier alpha value is -4.30. The topological polar surface area (TPSA) is 84.7 Å². The number of carbonyl (C=O) groups is 1. The van der Waals surface area contributed by atoms with E-state index < -0.39 is 0 Å². The van der Waals surface area contributed by atoms with Gasteiger partial charge in [-0.3, -0.25) is 9.78 Å². The lowest BCUT2D eigenvalue weighted by Crippen LogP contribution is -2.13. The summed E-state index contributed by atoms with van der Waals surface area (Å²) in [6.45, 7) is 6.27. The fourth-order valence-corrected chi connectivity index (χ4v) is 4.53. The Bertz CT molecular complexity index is 1490. The number of imidazole rings is 1. The van der Waals surface area contributed by atoms with E-state index in [0.717, 1.165) is 44.6 Å². The van der Waals surface area contributed by atoms with Crippen molar-refractivity contribution >= 4 is 33.8 Å². The summed E-state index contributed by atoms with van der Waals surface area (Å²) in [7, 11) is 0. The molecule has 5 rings (SSSR count). The molecule has 2 N–H and O–H groups in total. The molecule has 0 bridgehead atoms. The summed E-state index contributed by atoms with van der Waals surface area (Å²) in [5, 5.41) is 9.19. The van der Waals surface area contributed by atoms with E-state index in [1.54, 1.807) is 24.9 Å². The first kappa shape index (κ1) is 23.4. The quantitative estimate of drug-likeness (QED) is 0.259. The van der Waals surface area contributed by atoms with Crippen molar-refractivity contribution in [2.24, 2.45) is 0 Å². The largest absolute Gasteiger partial charge is 0.331 e. The number of pyridine rings is 1. The van der Waals surface area contributed by atoms with Crippen LogP contribution in [0.2, 0.25) is 0 Å². The third kappa shape index (κ3) is 5.18. The normalized spacial score (nSPS) is 11.0. The highest BCUT2D eigenvalue weighted by atomic mass is 32.1. The second kappa shape index (κ2) is 10.1. The summed E-state index contributed by atoms with van der Waals surface area (Å²) in [5.41, 5.74) is 7.08. The van der Waals surface area contributed by atoms with Crippen LogP contribution in [0, 0.1) is 6.92 Å². The number of aromatic nitrogens is 4. The summed E-state index contributed by atoms with van der Waals surface area (Å²) in [6.07, 6.45) is 8.92. The highest BCUT2D eigenvalue weighted by molar-refractivity contribution is 7.14. The van der Waals surface area contributed by atoms with E-state index in [1.165, 1.54) is 11.3 Å². The van der Waals surface area contributed by atoms with E-state index in [2.05, 4.69) is 45.5 Å². The van der Waals surface area contributed by atoms with Gasteiger partial charge in [-0.05, 0) is 66.4 Å². The Morgan fingerprint density at radius 1 is 1.06 bits per heavy atom. The average molecular weight is 495 g/mol. The number of nitrogens with one attached hydrogen (secondary N) is 2. The predicted molar refractivity (Wildman–Crippen MR) is 145 cm³/mol. The Labute approximate surface area is 213 Å². The van der Waals surface area contributed by atoms with Gasteiger partial charge in [0.1, 0.15) is 0 Å². The van der Waals surface area contributed by atoms with E-state index in [1.807, 2.05) is 65.5 Å². The van der Waals surface area contributed by atoms with Crippen LogP contribution >= 0.6 is 11.3 Å². The van der Waals surface area contributed by atoms with Gasteiger partial charge in [-0.1, -0.05) is 19.9 Å². The van der Waals surface area contributed by atoms with Crippen LogP contribution in [-0.4, -0.2) is 25.4 Å². The van der Waals surface area contributed by atoms with E-state index in [-0.39, 0.29) is 5.91 Å². The Balaban J connectivity index is 1.37. The molecule has 8 heteroatoms. The molecular weight excluding hydrogens is 468 g/mol. The molecule has 2 aromatic carbocycles. The van der Waals surface area contributed by atoms with Crippen LogP contribution in [0.15, 0.2) is 85.0 Å². The van der Waals surface area contributed by atoms with Crippen LogP contribution in [0.4, 0.5) is 16.5 Å². The fourth-order valence-electron chi connectivity index (χ4n) is 3.80. The zero-order chi connectivity index (χ0) is 25.1. The van der Waals surface area contributed by atoms with Crippen molar-refractivity contribution in [2.75, 3.05) is 10.6 Å². The number of aryl methyl sites for hydroxylation is 1. The molecule has 0 atom stereocenters. The van der Waals surface area contributed by atoms with Crippen molar-refractivity contribution in [2.45, 2.75) is 26.7 Å². The molecule has 1 amide bonds. The van der Waals surface area contributed by atoms with Gasteiger partial charge in [-0.25, -0.2) is 9.97 Å². The van der Waals surface area contributed by atoms with E-state index in [9.17, 15) is 4.79 Å². The molecule has 0 unspecified atom stereocenters. The number of anilines is 3. The molecule has 36 heavy (non-hydrogen) atoms. The smallest absolute Gasteiger partial charge is 0.255 e. The number of nitrogens with zero attached hydrogens (tertiary/aromatic N) is 4. The first-order chi connectivity index (χ1) is 17.5. The third-order valence-corrected chi connectivity index (χ3v) is 6.63. The van der Waals surface area contributed by atoms with E-state index in [0.29, 0.717) is 11.5 Å². The molecule has 3 heterocycles. The number of hydrogen-bond acceptors (Lipinski definition) is 6. The van der Waals surface area contributed by atoms with Gasteiger partial charge in [0.05, 0.1) is 12.0 Å². The lowest BCUT2D eigenvalue weighted by atomic mass is 10.0. The third-order valence-electron chi connectivity index (χ3n) is 5.87. The number of amides is 1. The van der Waals surface area contributed by atoms with Gasteiger partial charge < -0.3 is 15.2 Å². The average Bonchev–Trinajstić information content (AvgIpc) is 3.58.